The number of hydrogen-bond donors (Lipinski definition) is 2. The second-order valence-corrected chi connectivity index (χ2v) is 5.15. The monoisotopic (exact) mass is 279 g/mol. The molecule has 0 spiro atoms. The largest absolute Gasteiger partial charge is 0.399 e. The van der Waals surface area contributed by atoms with E-state index < -0.39 is 11.7 Å². The Hall–Kier alpha value is -1.95. The summed E-state index contributed by atoms with van der Waals surface area (Å²) >= 11 is 1.53. The van der Waals surface area contributed by atoms with E-state index in [1.807, 2.05) is 12.3 Å². The van der Waals surface area contributed by atoms with Crippen LogP contribution in [0.2, 0.25) is 0 Å². The van der Waals surface area contributed by atoms with Gasteiger partial charge in [0.25, 0.3) is 5.91 Å². The van der Waals surface area contributed by atoms with E-state index in [4.69, 9.17) is 5.73 Å². The van der Waals surface area contributed by atoms with Crippen molar-refractivity contribution in [3.63, 3.8) is 0 Å². The number of nitrogens with one attached hydrogen (secondary N) is 1. The zero-order chi connectivity index (χ0) is 13.8. The predicted molar refractivity (Wildman–Crippen MR) is 73.7 cm³/mol. The number of amides is 1. The number of anilines is 1. The summed E-state index contributed by atoms with van der Waals surface area (Å²) in [6, 6.07) is 4.02. The maximum absolute atomic E-state index is 13.5. The molecule has 0 aliphatic carbocycles. The van der Waals surface area contributed by atoms with Gasteiger partial charge in [-0.3, -0.25) is 4.79 Å². The molecule has 1 unspecified atom stereocenters. The first-order valence-corrected chi connectivity index (χ1v) is 6.68. The average molecular weight is 279 g/mol. The number of carbonyl (C=O) groups excluding carboxylic acids is 1. The van der Waals surface area contributed by atoms with E-state index in [-0.39, 0.29) is 11.5 Å². The molecule has 0 saturated carbocycles. The Labute approximate surface area is 114 Å². The van der Waals surface area contributed by atoms with Gasteiger partial charge in [-0.15, -0.1) is 11.3 Å². The molecule has 0 saturated heterocycles. The highest BCUT2D eigenvalue weighted by molar-refractivity contribution is 7.09. The maximum atomic E-state index is 13.5. The first-order valence-electron chi connectivity index (χ1n) is 5.80. The number of nitrogens with two attached hydrogens (primary N) is 1. The van der Waals surface area contributed by atoms with E-state index in [0.29, 0.717) is 12.2 Å². The second-order valence-electron chi connectivity index (χ2n) is 4.22. The van der Waals surface area contributed by atoms with Crippen LogP contribution in [0.3, 0.4) is 0 Å². The van der Waals surface area contributed by atoms with Crippen LogP contribution in [0.15, 0.2) is 29.8 Å². The number of benzene rings is 1. The molecule has 0 aliphatic rings. The lowest BCUT2D eigenvalue weighted by Crippen LogP contribution is -2.28. The number of hydrogen-bond acceptors (Lipinski definition) is 4. The van der Waals surface area contributed by atoms with Crippen molar-refractivity contribution < 1.29 is 9.18 Å². The van der Waals surface area contributed by atoms with Crippen molar-refractivity contribution in [3.05, 3.63) is 46.2 Å². The fraction of sp³-hybridized carbons (Fsp3) is 0.231. The summed E-state index contributed by atoms with van der Waals surface area (Å²) in [5.74, 6) is -0.957. The van der Waals surface area contributed by atoms with Crippen molar-refractivity contribution in [2.45, 2.75) is 12.8 Å². The smallest absolute Gasteiger partial charge is 0.254 e. The highest BCUT2D eigenvalue weighted by atomic mass is 32.1. The highest BCUT2D eigenvalue weighted by Gasteiger charge is 2.14. The molecule has 1 amide bonds. The zero-order valence-corrected chi connectivity index (χ0v) is 11.2. The number of carbonyl (C=O) groups is 1. The Morgan fingerprint density at radius 2 is 2.37 bits per heavy atom. The SMILES string of the molecule is CC(CNC(=O)c1ccc(N)cc1F)c1nccs1. The van der Waals surface area contributed by atoms with Crippen LogP contribution in [0.5, 0.6) is 0 Å². The molecule has 2 aromatic rings. The molecular weight excluding hydrogens is 265 g/mol. The normalized spacial score (nSPS) is 12.1. The first-order chi connectivity index (χ1) is 9.08. The molecule has 0 radical (unpaired) electrons. The lowest BCUT2D eigenvalue weighted by Gasteiger charge is -2.10. The molecule has 2 rings (SSSR count). The molecule has 0 aliphatic heterocycles. The van der Waals surface area contributed by atoms with Crippen LogP contribution in [-0.2, 0) is 0 Å². The molecular formula is C13H14FN3OS. The zero-order valence-electron chi connectivity index (χ0n) is 10.4. The summed E-state index contributed by atoms with van der Waals surface area (Å²) in [6.45, 7) is 2.37. The first kappa shape index (κ1) is 13.5. The van der Waals surface area contributed by atoms with Crippen molar-refractivity contribution in [1.29, 1.82) is 0 Å². The standard InChI is InChI=1S/C13H14FN3OS/c1-8(13-16-4-5-19-13)7-17-12(18)10-3-2-9(15)6-11(10)14/h2-6,8H,7,15H2,1H3,(H,17,18). The fourth-order valence-corrected chi connectivity index (χ4v) is 2.32. The van der Waals surface area contributed by atoms with Crippen LogP contribution in [0.25, 0.3) is 0 Å². The lowest BCUT2D eigenvalue weighted by atomic mass is 10.1. The Kier molecular flexibility index (Phi) is 4.11. The third-order valence-electron chi connectivity index (χ3n) is 2.68. The van der Waals surface area contributed by atoms with E-state index in [1.54, 1.807) is 6.20 Å². The third kappa shape index (κ3) is 3.29. The number of aromatic nitrogens is 1. The Morgan fingerprint density at radius 3 is 3.00 bits per heavy atom. The minimum Gasteiger partial charge on any atom is -0.399 e. The van der Waals surface area contributed by atoms with E-state index in [0.717, 1.165) is 11.1 Å². The van der Waals surface area contributed by atoms with Crippen molar-refractivity contribution in [1.82, 2.24) is 10.3 Å². The number of nitrogen functional groups attached to an aromatic ring is 1. The van der Waals surface area contributed by atoms with Gasteiger partial charge in [-0.05, 0) is 18.2 Å². The molecule has 1 aromatic heterocycles. The van der Waals surface area contributed by atoms with Gasteiger partial charge in [-0.1, -0.05) is 6.92 Å². The van der Waals surface area contributed by atoms with Gasteiger partial charge in [0.15, 0.2) is 0 Å². The molecule has 3 N–H and O–H groups in total. The van der Waals surface area contributed by atoms with Gasteiger partial charge in [0.1, 0.15) is 5.82 Å². The number of halogens is 1. The highest BCUT2D eigenvalue weighted by Crippen LogP contribution is 2.17. The molecule has 100 valence electrons. The quantitative estimate of drug-likeness (QED) is 0.844. The molecule has 6 heteroatoms. The van der Waals surface area contributed by atoms with Gasteiger partial charge < -0.3 is 11.1 Å². The summed E-state index contributed by atoms with van der Waals surface area (Å²) in [6.07, 6.45) is 1.72. The lowest BCUT2D eigenvalue weighted by molar-refractivity contribution is 0.0947. The Balaban J connectivity index is 1.98. The van der Waals surface area contributed by atoms with E-state index in [1.165, 1.54) is 23.5 Å². The number of thiazole rings is 1. The van der Waals surface area contributed by atoms with Crippen LogP contribution >= 0.6 is 11.3 Å². The van der Waals surface area contributed by atoms with E-state index in [9.17, 15) is 9.18 Å². The topological polar surface area (TPSA) is 68.0 Å². The van der Waals surface area contributed by atoms with Crippen LogP contribution < -0.4 is 11.1 Å². The average Bonchev–Trinajstić information content (AvgIpc) is 2.89. The molecule has 0 bridgehead atoms. The minimum absolute atomic E-state index is 0.000499. The van der Waals surface area contributed by atoms with Crippen molar-refractivity contribution in [3.8, 4) is 0 Å². The van der Waals surface area contributed by atoms with Crippen LogP contribution in [0, 0.1) is 5.82 Å². The molecule has 0 fully saturated rings. The van der Waals surface area contributed by atoms with Gasteiger partial charge in [0.05, 0.1) is 10.6 Å². The van der Waals surface area contributed by atoms with Gasteiger partial charge in [-0.25, -0.2) is 9.37 Å². The summed E-state index contributed by atoms with van der Waals surface area (Å²) in [7, 11) is 0. The number of rotatable bonds is 4. The van der Waals surface area contributed by atoms with Crippen LogP contribution in [0.1, 0.15) is 28.2 Å². The van der Waals surface area contributed by atoms with Crippen LogP contribution in [0.4, 0.5) is 10.1 Å². The summed E-state index contributed by atoms with van der Waals surface area (Å²) in [5.41, 5.74) is 5.73. The van der Waals surface area contributed by atoms with Gasteiger partial charge >= 0.3 is 0 Å². The van der Waals surface area contributed by atoms with Crippen molar-refractivity contribution in [2.75, 3.05) is 12.3 Å². The van der Waals surface area contributed by atoms with Gasteiger partial charge in [0, 0.05) is 29.7 Å². The maximum Gasteiger partial charge on any atom is 0.254 e. The number of nitrogens with zero attached hydrogens (tertiary/aromatic N) is 1. The summed E-state index contributed by atoms with van der Waals surface area (Å²) in [5, 5.41) is 5.52. The molecule has 1 aromatic carbocycles. The predicted octanol–water partition coefficient (Wildman–Crippen LogP) is 2.40. The van der Waals surface area contributed by atoms with Crippen molar-refractivity contribution >= 4 is 22.9 Å². The molecule has 1 heterocycles. The summed E-state index contributed by atoms with van der Waals surface area (Å²) in [4.78, 5) is 16.0. The summed E-state index contributed by atoms with van der Waals surface area (Å²) < 4.78 is 13.5. The Morgan fingerprint density at radius 1 is 1.58 bits per heavy atom. The fourth-order valence-electron chi connectivity index (χ4n) is 1.62. The second kappa shape index (κ2) is 5.79. The van der Waals surface area contributed by atoms with Gasteiger partial charge in [0.2, 0.25) is 0 Å². The molecule has 4 nitrogen and oxygen atoms in total. The minimum atomic E-state index is -0.612. The van der Waals surface area contributed by atoms with E-state index >= 15 is 0 Å². The van der Waals surface area contributed by atoms with Crippen LogP contribution in [-0.4, -0.2) is 17.4 Å². The molecule has 1 atom stereocenters. The van der Waals surface area contributed by atoms with Gasteiger partial charge in [-0.2, -0.15) is 0 Å². The third-order valence-corrected chi connectivity index (χ3v) is 3.69. The van der Waals surface area contributed by atoms with Crippen molar-refractivity contribution in [2.24, 2.45) is 0 Å². The Bertz CT molecular complexity index is 571. The molecule has 19 heavy (non-hydrogen) atoms. The van der Waals surface area contributed by atoms with E-state index in [2.05, 4.69) is 10.3 Å².